The highest BCUT2D eigenvalue weighted by Gasteiger charge is 2.35. The number of ether oxygens (including phenoxy) is 2. The molecule has 0 saturated heterocycles. The first kappa shape index (κ1) is 28.8. The molecular formula is C34H43NO4. The first-order chi connectivity index (χ1) is 19.0. The van der Waals surface area contributed by atoms with Gasteiger partial charge in [0.15, 0.2) is 6.04 Å². The number of aliphatic imine (C=N–C) groups is 1. The molecule has 1 aliphatic carbocycles. The summed E-state index contributed by atoms with van der Waals surface area (Å²) in [7, 11) is 0. The van der Waals surface area contributed by atoms with Crippen molar-refractivity contribution in [1.29, 1.82) is 0 Å². The standard InChI is InChI=1S/C34H43NO4/c1-5-37-34(36)33(35-32(26-13-8-6-9-14-26)27-15-10-7-11-16-27)29(30-17-12-21-38-30)20-22-39-31-23-25(4)18-19-28(31)24(2)3/h6-17,21,24-25,28-29,31,33H,5,18-20,22-23H2,1-4H3/t25-,28+,29+,31-,33-/m1/s1. The fourth-order valence-electron chi connectivity index (χ4n) is 5.79. The molecule has 0 radical (unpaired) electrons. The Kier molecular flexibility index (Phi) is 10.5. The molecule has 0 unspecified atom stereocenters. The number of furan rings is 1. The van der Waals surface area contributed by atoms with Crippen LogP contribution in [0, 0.1) is 17.8 Å². The molecule has 1 aliphatic rings. The summed E-state index contributed by atoms with van der Waals surface area (Å²) in [5.41, 5.74) is 2.65. The van der Waals surface area contributed by atoms with Gasteiger partial charge in [-0.3, -0.25) is 4.99 Å². The first-order valence-corrected chi connectivity index (χ1v) is 14.5. The van der Waals surface area contributed by atoms with Crippen molar-refractivity contribution in [1.82, 2.24) is 0 Å². The summed E-state index contributed by atoms with van der Waals surface area (Å²) < 4.78 is 18.0. The van der Waals surface area contributed by atoms with E-state index in [1.165, 1.54) is 12.8 Å². The maximum atomic E-state index is 13.5. The van der Waals surface area contributed by atoms with Gasteiger partial charge in [-0.05, 0) is 56.1 Å². The van der Waals surface area contributed by atoms with Gasteiger partial charge in [0.2, 0.25) is 0 Å². The fourth-order valence-corrected chi connectivity index (χ4v) is 5.79. The second-order valence-electron chi connectivity index (χ2n) is 11.1. The number of nitrogens with zero attached hydrogens (tertiary/aromatic N) is 1. The quantitative estimate of drug-likeness (QED) is 0.178. The van der Waals surface area contributed by atoms with Crippen LogP contribution >= 0.6 is 0 Å². The molecule has 0 N–H and O–H groups in total. The van der Waals surface area contributed by atoms with Crippen molar-refractivity contribution < 1.29 is 18.7 Å². The Morgan fingerprint density at radius 3 is 2.21 bits per heavy atom. The van der Waals surface area contributed by atoms with E-state index in [1.807, 2.05) is 79.7 Å². The molecule has 1 aromatic heterocycles. The maximum absolute atomic E-state index is 13.5. The number of hydrogen-bond acceptors (Lipinski definition) is 5. The second kappa shape index (κ2) is 14.3. The van der Waals surface area contributed by atoms with Gasteiger partial charge in [-0.1, -0.05) is 87.9 Å². The van der Waals surface area contributed by atoms with Crippen molar-refractivity contribution in [3.8, 4) is 0 Å². The molecule has 1 heterocycles. The minimum Gasteiger partial charge on any atom is -0.469 e. The lowest BCUT2D eigenvalue weighted by molar-refractivity contribution is -0.145. The first-order valence-electron chi connectivity index (χ1n) is 14.5. The summed E-state index contributed by atoms with van der Waals surface area (Å²) in [6, 6.07) is 23.0. The van der Waals surface area contributed by atoms with E-state index in [4.69, 9.17) is 18.9 Å². The Balaban J connectivity index is 1.67. The van der Waals surface area contributed by atoms with Crippen LogP contribution in [0.3, 0.4) is 0 Å². The molecule has 1 saturated carbocycles. The molecule has 5 heteroatoms. The molecule has 1 fully saturated rings. The highest BCUT2D eigenvalue weighted by molar-refractivity contribution is 6.13. The van der Waals surface area contributed by atoms with E-state index >= 15 is 0 Å². The van der Waals surface area contributed by atoms with Crippen LogP contribution in [0.2, 0.25) is 0 Å². The third-order valence-electron chi connectivity index (χ3n) is 7.90. The largest absolute Gasteiger partial charge is 0.469 e. The van der Waals surface area contributed by atoms with Crippen LogP contribution in [-0.2, 0) is 14.3 Å². The molecule has 3 aromatic rings. The molecule has 5 nitrogen and oxygen atoms in total. The van der Waals surface area contributed by atoms with Gasteiger partial charge >= 0.3 is 5.97 Å². The van der Waals surface area contributed by atoms with Crippen LogP contribution in [0.25, 0.3) is 0 Å². The number of esters is 1. The molecule has 0 aliphatic heterocycles. The van der Waals surface area contributed by atoms with Crippen LogP contribution < -0.4 is 0 Å². The van der Waals surface area contributed by atoms with Crippen LogP contribution in [0.15, 0.2) is 88.5 Å². The van der Waals surface area contributed by atoms with Gasteiger partial charge < -0.3 is 13.9 Å². The molecule has 2 aromatic carbocycles. The SMILES string of the molecule is CCOC(=O)[C@H](N=C(c1ccccc1)c1ccccc1)[C@@H](CCO[C@@H]1C[C@H](C)CC[C@H]1C(C)C)c1ccco1. The van der Waals surface area contributed by atoms with Crippen molar-refractivity contribution in [3.63, 3.8) is 0 Å². The third-order valence-corrected chi connectivity index (χ3v) is 7.90. The molecular weight excluding hydrogens is 486 g/mol. The summed E-state index contributed by atoms with van der Waals surface area (Å²) in [6.45, 7) is 9.55. The van der Waals surface area contributed by atoms with Gasteiger partial charge in [-0.25, -0.2) is 4.79 Å². The number of hydrogen-bond donors (Lipinski definition) is 0. The number of carbonyl (C=O) groups is 1. The van der Waals surface area contributed by atoms with Gasteiger partial charge in [0, 0.05) is 17.7 Å². The lowest BCUT2D eigenvalue weighted by Crippen LogP contribution is -2.35. The lowest BCUT2D eigenvalue weighted by Gasteiger charge is -2.37. The Hall–Kier alpha value is -3.18. The number of carbonyl (C=O) groups excluding carboxylic acids is 1. The molecule has 39 heavy (non-hydrogen) atoms. The topological polar surface area (TPSA) is 61.0 Å². The summed E-state index contributed by atoms with van der Waals surface area (Å²) in [4.78, 5) is 18.7. The lowest BCUT2D eigenvalue weighted by atomic mass is 9.75. The zero-order valence-corrected chi connectivity index (χ0v) is 23.8. The zero-order valence-electron chi connectivity index (χ0n) is 23.8. The van der Waals surface area contributed by atoms with E-state index in [0.29, 0.717) is 30.8 Å². The minimum atomic E-state index is -0.777. The molecule has 5 atom stereocenters. The predicted molar refractivity (Wildman–Crippen MR) is 156 cm³/mol. The van der Waals surface area contributed by atoms with Crippen molar-refractivity contribution in [2.75, 3.05) is 13.2 Å². The highest BCUT2D eigenvalue weighted by Crippen LogP contribution is 2.36. The van der Waals surface area contributed by atoms with Crippen LogP contribution in [0.1, 0.15) is 76.2 Å². The van der Waals surface area contributed by atoms with E-state index in [1.54, 1.807) is 6.26 Å². The smallest absolute Gasteiger partial charge is 0.331 e. The van der Waals surface area contributed by atoms with E-state index < -0.39 is 6.04 Å². The Bertz CT molecular complexity index is 1110. The van der Waals surface area contributed by atoms with Crippen LogP contribution in [0.5, 0.6) is 0 Å². The van der Waals surface area contributed by atoms with Crippen molar-refractivity contribution in [2.24, 2.45) is 22.7 Å². The molecule has 4 rings (SSSR count). The minimum absolute atomic E-state index is 0.236. The van der Waals surface area contributed by atoms with Gasteiger partial charge in [0.05, 0.1) is 30.6 Å². The van der Waals surface area contributed by atoms with Crippen molar-refractivity contribution in [3.05, 3.63) is 95.9 Å². The zero-order chi connectivity index (χ0) is 27.6. The van der Waals surface area contributed by atoms with Crippen LogP contribution in [-0.4, -0.2) is 37.0 Å². The fraction of sp³-hybridized carbons (Fsp3) is 0.471. The normalized spacial score (nSPS) is 20.8. The Morgan fingerprint density at radius 2 is 1.64 bits per heavy atom. The van der Waals surface area contributed by atoms with Gasteiger partial charge in [0.1, 0.15) is 5.76 Å². The predicted octanol–water partition coefficient (Wildman–Crippen LogP) is 7.70. The molecule has 0 bridgehead atoms. The highest BCUT2D eigenvalue weighted by atomic mass is 16.5. The summed E-state index contributed by atoms with van der Waals surface area (Å²) in [6.07, 6.45) is 6.05. The second-order valence-corrected chi connectivity index (χ2v) is 11.1. The van der Waals surface area contributed by atoms with Gasteiger partial charge in [-0.2, -0.15) is 0 Å². The summed E-state index contributed by atoms with van der Waals surface area (Å²) >= 11 is 0. The Morgan fingerprint density at radius 1 is 0.974 bits per heavy atom. The van der Waals surface area contributed by atoms with E-state index in [0.717, 1.165) is 29.0 Å². The third kappa shape index (κ3) is 7.69. The molecule has 0 amide bonds. The number of benzene rings is 2. The van der Waals surface area contributed by atoms with Gasteiger partial charge in [-0.15, -0.1) is 0 Å². The molecule has 0 spiro atoms. The average molecular weight is 530 g/mol. The van der Waals surface area contributed by atoms with Gasteiger partial charge in [0.25, 0.3) is 0 Å². The molecule has 208 valence electrons. The van der Waals surface area contributed by atoms with Crippen LogP contribution in [0.4, 0.5) is 0 Å². The summed E-state index contributed by atoms with van der Waals surface area (Å²) in [5, 5.41) is 0. The van der Waals surface area contributed by atoms with E-state index in [2.05, 4.69) is 20.8 Å². The summed E-state index contributed by atoms with van der Waals surface area (Å²) in [5.74, 6) is 1.86. The monoisotopic (exact) mass is 529 g/mol. The number of rotatable bonds is 12. The van der Waals surface area contributed by atoms with E-state index in [9.17, 15) is 4.79 Å². The maximum Gasteiger partial charge on any atom is 0.331 e. The average Bonchev–Trinajstić information content (AvgIpc) is 3.48. The van der Waals surface area contributed by atoms with Crippen molar-refractivity contribution in [2.45, 2.75) is 71.4 Å². The van der Waals surface area contributed by atoms with E-state index in [-0.39, 0.29) is 24.6 Å². The Labute approximate surface area is 233 Å². The van der Waals surface area contributed by atoms with Crippen molar-refractivity contribution >= 4 is 11.7 Å².